The molecule has 2 aromatic rings. The molecule has 3 nitrogen and oxygen atoms in total. The maximum absolute atomic E-state index is 12.8. The molecule has 5 heteroatoms. The lowest BCUT2D eigenvalue weighted by molar-refractivity contribution is -0.121. The van der Waals surface area contributed by atoms with Crippen LogP contribution in [0.15, 0.2) is 53.4 Å². The first-order valence-corrected chi connectivity index (χ1v) is 8.62. The summed E-state index contributed by atoms with van der Waals surface area (Å²) >= 11 is 1.66. The number of rotatable bonds is 8. The van der Waals surface area contributed by atoms with Gasteiger partial charge in [0, 0.05) is 23.5 Å². The summed E-state index contributed by atoms with van der Waals surface area (Å²) in [6, 6.07) is 14.1. The van der Waals surface area contributed by atoms with Crippen LogP contribution in [0.1, 0.15) is 18.4 Å². The lowest BCUT2D eigenvalue weighted by Gasteiger charge is -2.07. The van der Waals surface area contributed by atoms with Crippen LogP contribution >= 0.6 is 11.8 Å². The summed E-state index contributed by atoms with van der Waals surface area (Å²) in [4.78, 5) is 12.8. The number of para-hydroxylation sites is 1. The second kappa shape index (κ2) is 9.20. The Kier molecular flexibility index (Phi) is 6.94. The molecular weight excluding hydrogens is 311 g/mol. The number of hydrogen-bond acceptors (Lipinski definition) is 3. The minimum absolute atomic E-state index is 0.0417. The SMILES string of the molecule is Nc1ccccc1CCC(=O)NCCCSc1ccc(F)cc1. The van der Waals surface area contributed by atoms with E-state index in [1.807, 2.05) is 24.3 Å². The lowest BCUT2D eigenvalue weighted by atomic mass is 10.1. The summed E-state index contributed by atoms with van der Waals surface area (Å²) in [5.41, 5.74) is 7.59. The van der Waals surface area contributed by atoms with Gasteiger partial charge in [0.1, 0.15) is 5.82 Å². The number of thioether (sulfide) groups is 1. The topological polar surface area (TPSA) is 55.1 Å². The van der Waals surface area contributed by atoms with Gasteiger partial charge in [0.2, 0.25) is 5.91 Å². The minimum Gasteiger partial charge on any atom is -0.399 e. The largest absolute Gasteiger partial charge is 0.399 e. The second-order valence-electron chi connectivity index (χ2n) is 5.20. The van der Waals surface area contributed by atoms with Gasteiger partial charge >= 0.3 is 0 Å². The molecule has 2 aromatic carbocycles. The number of anilines is 1. The number of carbonyl (C=O) groups excluding carboxylic acids is 1. The van der Waals surface area contributed by atoms with Crippen molar-refractivity contribution in [3.63, 3.8) is 0 Å². The molecule has 0 unspecified atom stereocenters. The number of nitrogens with two attached hydrogens (primary N) is 1. The number of halogens is 1. The van der Waals surface area contributed by atoms with Crippen LogP contribution in [0.3, 0.4) is 0 Å². The van der Waals surface area contributed by atoms with Gasteiger partial charge in [-0.3, -0.25) is 4.79 Å². The van der Waals surface area contributed by atoms with E-state index in [0.717, 1.165) is 28.3 Å². The van der Waals surface area contributed by atoms with Gasteiger partial charge in [0.15, 0.2) is 0 Å². The predicted molar refractivity (Wildman–Crippen MR) is 93.9 cm³/mol. The molecule has 0 aliphatic carbocycles. The van der Waals surface area contributed by atoms with Crippen LogP contribution in [0.2, 0.25) is 0 Å². The zero-order chi connectivity index (χ0) is 16.5. The molecule has 0 saturated heterocycles. The van der Waals surface area contributed by atoms with Crippen molar-refractivity contribution >= 4 is 23.4 Å². The van der Waals surface area contributed by atoms with Gasteiger partial charge in [-0.05, 0) is 54.5 Å². The molecule has 0 atom stereocenters. The molecule has 0 aliphatic rings. The highest BCUT2D eigenvalue weighted by Gasteiger charge is 2.04. The van der Waals surface area contributed by atoms with Crippen molar-refractivity contribution in [2.75, 3.05) is 18.0 Å². The number of nitrogen functional groups attached to an aromatic ring is 1. The van der Waals surface area contributed by atoms with E-state index < -0.39 is 0 Å². The Morgan fingerprint density at radius 3 is 2.61 bits per heavy atom. The smallest absolute Gasteiger partial charge is 0.220 e. The molecule has 0 spiro atoms. The average Bonchev–Trinajstić information content (AvgIpc) is 2.55. The summed E-state index contributed by atoms with van der Waals surface area (Å²) in [5.74, 6) is 0.707. The van der Waals surface area contributed by atoms with Gasteiger partial charge in [-0.1, -0.05) is 18.2 Å². The molecule has 0 heterocycles. The van der Waals surface area contributed by atoms with Gasteiger partial charge in [-0.25, -0.2) is 4.39 Å². The summed E-state index contributed by atoms with van der Waals surface area (Å²) in [6.07, 6.45) is 1.98. The van der Waals surface area contributed by atoms with Gasteiger partial charge in [-0.2, -0.15) is 0 Å². The molecule has 2 rings (SSSR count). The number of hydrogen-bond donors (Lipinski definition) is 2. The van der Waals surface area contributed by atoms with Gasteiger partial charge < -0.3 is 11.1 Å². The van der Waals surface area contributed by atoms with Crippen LogP contribution in [-0.4, -0.2) is 18.2 Å². The molecule has 0 aliphatic heterocycles. The first-order chi connectivity index (χ1) is 11.1. The highest BCUT2D eigenvalue weighted by Crippen LogP contribution is 2.18. The van der Waals surface area contributed by atoms with Crippen molar-refractivity contribution in [3.8, 4) is 0 Å². The fourth-order valence-corrected chi connectivity index (χ4v) is 2.97. The number of nitrogens with one attached hydrogen (secondary N) is 1. The first kappa shape index (κ1) is 17.3. The molecule has 23 heavy (non-hydrogen) atoms. The summed E-state index contributed by atoms with van der Waals surface area (Å²) in [6.45, 7) is 0.650. The molecule has 0 bridgehead atoms. The van der Waals surface area contributed by atoms with Gasteiger partial charge in [0.25, 0.3) is 0 Å². The zero-order valence-electron chi connectivity index (χ0n) is 12.9. The molecular formula is C18H21FN2OS. The summed E-state index contributed by atoms with van der Waals surface area (Å²) < 4.78 is 12.8. The quantitative estimate of drug-likeness (QED) is 0.441. The fourth-order valence-electron chi connectivity index (χ4n) is 2.12. The zero-order valence-corrected chi connectivity index (χ0v) is 13.7. The summed E-state index contributed by atoms with van der Waals surface area (Å²) in [5, 5.41) is 2.91. The monoisotopic (exact) mass is 332 g/mol. The van der Waals surface area contributed by atoms with Crippen molar-refractivity contribution in [3.05, 3.63) is 59.9 Å². The Hall–Kier alpha value is -2.01. The van der Waals surface area contributed by atoms with Gasteiger partial charge in [-0.15, -0.1) is 11.8 Å². The van der Waals surface area contributed by atoms with Crippen LogP contribution in [0.5, 0.6) is 0 Å². The number of benzene rings is 2. The van der Waals surface area contributed by atoms with Crippen molar-refractivity contribution in [2.24, 2.45) is 0 Å². The first-order valence-electron chi connectivity index (χ1n) is 7.63. The third-order valence-corrected chi connectivity index (χ3v) is 4.50. The molecule has 122 valence electrons. The van der Waals surface area contributed by atoms with Crippen LogP contribution in [0.4, 0.5) is 10.1 Å². The van der Waals surface area contributed by atoms with Crippen LogP contribution in [0.25, 0.3) is 0 Å². The van der Waals surface area contributed by atoms with Crippen molar-refractivity contribution in [2.45, 2.75) is 24.2 Å². The molecule has 0 fully saturated rings. The number of amides is 1. The van der Waals surface area contributed by atoms with Crippen molar-refractivity contribution in [1.82, 2.24) is 5.32 Å². The van der Waals surface area contributed by atoms with E-state index in [9.17, 15) is 9.18 Å². The fraction of sp³-hybridized carbons (Fsp3) is 0.278. The van der Waals surface area contributed by atoms with Crippen LogP contribution < -0.4 is 11.1 Å². The van der Waals surface area contributed by atoms with E-state index in [1.165, 1.54) is 12.1 Å². The standard InChI is InChI=1S/C18H21FN2OS/c19-15-7-9-16(10-8-15)23-13-3-12-21-18(22)11-6-14-4-1-2-5-17(14)20/h1-2,4-5,7-10H,3,6,11-13,20H2,(H,21,22). The highest BCUT2D eigenvalue weighted by atomic mass is 32.2. The lowest BCUT2D eigenvalue weighted by Crippen LogP contribution is -2.25. The summed E-state index contributed by atoms with van der Waals surface area (Å²) in [7, 11) is 0. The van der Waals surface area contributed by atoms with E-state index in [2.05, 4.69) is 5.32 Å². The number of aryl methyl sites for hydroxylation is 1. The van der Waals surface area contributed by atoms with Crippen molar-refractivity contribution in [1.29, 1.82) is 0 Å². The average molecular weight is 332 g/mol. The normalized spacial score (nSPS) is 10.5. The molecule has 1 amide bonds. The van der Waals surface area contributed by atoms with Crippen LogP contribution in [-0.2, 0) is 11.2 Å². The minimum atomic E-state index is -0.222. The molecule has 0 aromatic heterocycles. The molecule has 0 saturated carbocycles. The Balaban J connectivity index is 1.58. The van der Waals surface area contributed by atoms with E-state index >= 15 is 0 Å². The maximum atomic E-state index is 12.8. The van der Waals surface area contributed by atoms with Crippen LogP contribution in [0, 0.1) is 5.82 Å². The van der Waals surface area contributed by atoms with Gasteiger partial charge in [0.05, 0.1) is 0 Å². The van der Waals surface area contributed by atoms with E-state index in [-0.39, 0.29) is 11.7 Å². The predicted octanol–water partition coefficient (Wildman–Crippen LogP) is 3.64. The Morgan fingerprint density at radius 1 is 1.13 bits per heavy atom. The third kappa shape index (κ3) is 6.32. The molecule has 3 N–H and O–H groups in total. The Bertz CT molecular complexity index is 631. The Labute approximate surface area is 140 Å². The van der Waals surface area contributed by atoms with E-state index in [0.29, 0.717) is 19.4 Å². The maximum Gasteiger partial charge on any atom is 0.220 e. The van der Waals surface area contributed by atoms with E-state index in [4.69, 9.17) is 5.73 Å². The highest BCUT2D eigenvalue weighted by molar-refractivity contribution is 7.99. The molecule has 0 radical (unpaired) electrons. The third-order valence-electron chi connectivity index (χ3n) is 3.40. The van der Waals surface area contributed by atoms with E-state index in [1.54, 1.807) is 23.9 Å². The number of carbonyl (C=O) groups is 1. The second-order valence-corrected chi connectivity index (χ2v) is 6.37. The Morgan fingerprint density at radius 2 is 1.87 bits per heavy atom. The van der Waals surface area contributed by atoms with Crippen molar-refractivity contribution < 1.29 is 9.18 Å².